The number of rotatable bonds is 22. The highest BCUT2D eigenvalue weighted by Crippen LogP contribution is 2.27. The first-order valence-electron chi connectivity index (χ1n) is 13.6. The third kappa shape index (κ3) is 16.0. The summed E-state index contributed by atoms with van der Waals surface area (Å²) in [4.78, 5) is 11.6. The predicted molar refractivity (Wildman–Crippen MR) is 131 cm³/mol. The minimum absolute atomic E-state index is 0.101. The average Bonchev–Trinajstić information content (AvgIpc) is 3.13. The molecule has 1 heterocycles. The van der Waals surface area contributed by atoms with E-state index in [-0.39, 0.29) is 18.5 Å². The highest BCUT2D eigenvalue weighted by Gasteiger charge is 2.39. The summed E-state index contributed by atoms with van der Waals surface area (Å²) < 4.78 is 22.2. The fourth-order valence-corrected chi connectivity index (χ4v) is 4.31. The maximum atomic E-state index is 11.6. The molecule has 190 valence electrons. The Kier molecular flexibility index (Phi) is 18.2. The summed E-state index contributed by atoms with van der Waals surface area (Å²) in [6.07, 6.45) is 22.0. The number of carbonyl (C=O) groups excluding carboxylic acids is 1. The average molecular weight is 457 g/mol. The second-order valence-corrected chi connectivity index (χ2v) is 9.54. The first-order chi connectivity index (χ1) is 15.6. The molecule has 2 atom stereocenters. The Labute approximate surface area is 198 Å². The van der Waals surface area contributed by atoms with E-state index < -0.39 is 5.79 Å². The molecule has 0 spiro atoms. The summed E-state index contributed by atoms with van der Waals surface area (Å²) in [5, 5.41) is 0. The minimum atomic E-state index is -0.880. The smallest absolute Gasteiger partial charge is 0.311 e. The maximum absolute atomic E-state index is 11.6. The zero-order chi connectivity index (χ0) is 23.3. The molecular weight excluding hydrogens is 404 g/mol. The van der Waals surface area contributed by atoms with E-state index in [1.807, 2.05) is 0 Å². The van der Waals surface area contributed by atoms with Crippen LogP contribution in [0.3, 0.4) is 0 Å². The third-order valence-corrected chi connectivity index (χ3v) is 6.21. The van der Waals surface area contributed by atoms with Crippen LogP contribution in [0.4, 0.5) is 0 Å². The normalized spacial score (nSPS) is 20.7. The number of unbranched alkanes of at least 4 members (excludes halogenated alkanes) is 15. The molecular formula is C27H52O5. The van der Waals surface area contributed by atoms with E-state index in [1.165, 1.54) is 96.3 Å². The van der Waals surface area contributed by atoms with E-state index >= 15 is 0 Å². The molecule has 0 aromatic rings. The molecule has 1 saturated heterocycles. The molecule has 5 heteroatoms. The molecule has 0 aromatic carbocycles. The molecule has 0 aromatic heterocycles. The van der Waals surface area contributed by atoms with Crippen LogP contribution in [-0.2, 0) is 23.7 Å². The van der Waals surface area contributed by atoms with Crippen molar-refractivity contribution in [3.63, 3.8) is 0 Å². The Morgan fingerprint density at radius 1 is 0.812 bits per heavy atom. The van der Waals surface area contributed by atoms with Gasteiger partial charge in [0.05, 0.1) is 26.2 Å². The summed E-state index contributed by atoms with van der Waals surface area (Å²) in [5.74, 6) is -1.17. The van der Waals surface area contributed by atoms with Gasteiger partial charge in [-0.2, -0.15) is 0 Å². The molecule has 0 amide bonds. The topological polar surface area (TPSA) is 54.0 Å². The number of ether oxygens (including phenoxy) is 4. The molecule has 0 bridgehead atoms. The highest BCUT2D eigenvalue weighted by atomic mass is 16.8. The Bertz CT molecular complexity index is 442. The van der Waals surface area contributed by atoms with Gasteiger partial charge in [-0.05, 0) is 20.3 Å². The third-order valence-electron chi connectivity index (χ3n) is 6.21. The first kappa shape index (κ1) is 29.4. The van der Waals surface area contributed by atoms with Crippen molar-refractivity contribution >= 4 is 5.97 Å². The molecule has 2 unspecified atom stereocenters. The van der Waals surface area contributed by atoms with E-state index in [0.29, 0.717) is 19.8 Å². The lowest BCUT2D eigenvalue weighted by Crippen LogP contribution is -2.31. The number of hydrogen-bond donors (Lipinski definition) is 0. The van der Waals surface area contributed by atoms with Gasteiger partial charge in [-0.1, -0.05) is 103 Å². The van der Waals surface area contributed by atoms with Crippen LogP contribution >= 0.6 is 0 Å². The van der Waals surface area contributed by atoms with Crippen molar-refractivity contribution in [1.82, 2.24) is 0 Å². The molecule has 1 aliphatic rings. The van der Waals surface area contributed by atoms with Crippen LogP contribution in [0, 0.1) is 0 Å². The first-order valence-corrected chi connectivity index (χ1v) is 13.6. The number of carbonyl (C=O) groups is 1. The number of esters is 1. The SMILES string of the molecule is CCCCCCCCCCCCCCCCCCOCC1COC(C)(CC(=O)OCC)O1. The lowest BCUT2D eigenvalue weighted by Gasteiger charge is -2.22. The molecule has 0 N–H and O–H groups in total. The largest absolute Gasteiger partial charge is 0.466 e. The standard InChI is InChI=1S/C27H52O5/c1-4-6-7-8-9-10-11-12-13-14-15-16-17-18-19-20-21-29-23-25-24-31-27(3,32-25)22-26(28)30-5-2/h25H,4-24H2,1-3H3. The number of hydrogen-bond acceptors (Lipinski definition) is 5. The quantitative estimate of drug-likeness (QED) is 0.126. The maximum Gasteiger partial charge on any atom is 0.311 e. The summed E-state index contributed by atoms with van der Waals surface area (Å²) in [5.41, 5.74) is 0. The van der Waals surface area contributed by atoms with E-state index in [0.717, 1.165) is 13.0 Å². The van der Waals surface area contributed by atoms with Crippen LogP contribution in [0.15, 0.2) is 0 Å². The summed E-state index contributed by atoms with van der Waals surface area (Å²) in [6.45, 7) is 8.01. The van der Waals surface area contributed by atoms with Crippen molar-refractivity contribution in [2.45, 2.75) is 142 Å². The Hall–Kier alpha value is -0.650. The van der Waals surface area contributed by atoms with E-state index in [2.05, 4.69) is 6.92 Å². The van der Waals surface area contributed by atoms with Gasteiger partial charge in [-0.3, -0.25) is 4.79 Å². The van der Waals surface area contributed by atoms with Crippen molar-refractivity contribution in [3.05, 3.63) is 0 Å². The molecule has 1 aliphatic heterocycles. The fraction of sp³-hybridized carbons (Fsp3) is 0.963. The highest BCUT2D eigenvalue weighted by molar-refractivity contribution is 5.70. The van der Waals surface area contributed by atoms with Crippen LogP contribution in [0.5, 0.6) is 0 Å². The van der Waals surface area contributed by atoms with Crippen LogP contribution in [0.1, 0.15) is 130 Å². The van der Waals surface area contributed by atoms with Crippen LogP contribution < -0.4 is 0 Å². The summed E-state index contributed by atoms with van der Waals surface area (Å²) >= 11 is 0. The molecule has 32 heavy (non-hydrogen) atoms. The lowest BCUT2D eigenvalue weighted by molar-refractivity contribution is -0.182. The van der Waals surface area contributed by atoms with Crippen LogP contribution in [0.2, 0.25) is 0 Å². The van der Waals surface area contributed by atoms with E-state index in [1.54, 1.807) is 13.8 Å². The van der Waals surface area contributed by atoms with Gasteiger partial charge in [0, 0.05) is 6.61 Å². The minimum Gasteiger partial charge on any atom is -0.466 e. The van der Waals surface area contributed by atoms with Gasteiger partial charge in [0.15, 0.2) is 5.79 Å². The Morgan fingerprint density at radius 2 is 1.31 bits per heavy atom. The van der Waals surface area contributed by atoms with Gasteiger partial charge in [0.2, 0.25) is 0 Å². The monoisotopic (exact) mass is 456 g/mol. The van der Waals surface area contributed by atoms with Gasteiger partial charge >= 0.3 is 5.97 Å². The van der Waals surface area contributed by atoms with Crippen molar-refractivity contribution in [1.29, 1.82) is 0 Å². The van der Waals surface area contributed by atoms with Gasteiger partial charge < -0.3 is 18.9 Å². The van der Waals surface area contributed by atoms with Gasteiger partial charge in [0.1, 0.15) is 6.10 Å². The molecule has 0 saturated carbocycles. The zero-order valence-electron chi connectivity index (χ0n) is 21.5. The molecule has 1 rings (SSSR count). The van der Waals surface area contributed by atoms with Crippen molar-refractivity contribution < 1.29 is 23.7 Å². The molecule has 0 aliphatic carbocycles. The van der Waals surface area contributed by atoms with Crippen molar-refractivity contribution in [3.8, 4) is 0 Å². The molecule has 5 nitrogen and oxygen atoms in total. The molecule has 0 radical (unpaired) electrons. The zero-order valence-corrected chi connectivity index (χ0v) is 21.5. The molecule has 1 fully saturated rings. The van der Waals surface area contributed by atoms with Crippen LogP contribution in [-0.4, -0.2) is 44.3 Å². The fourth-order valence-electron chi connectivity index (χ4n) is 4.31. The Balaban J connectivity index is 1.80. The van der Waals surface area contributed by atoms with Gasteiger partial charge in [0.25, 0.3) is 0 Å². The van der Waals surface area contributed by atoms with Gasteiger partial charge in [-0.15, -0.1) is 0 Å². The van der Waals surface area contributed by atoms with Crippen molar-refractivity contribution in [2.75, 3.05) is 26.4 Å². The Morgan fingerprint density at radius 3 is 1.81 bits per heavy atom. The second kappa shape index (κ2) is 19.8. The van der Waals surface area contributed by atoms with Crippen molar-refractivity contribution in [2.24, 2.45) is 0 Å². The summed E-state index contributed by atoms with van der Waals surface area (Å²) in [6, 6.07) is 0. The van der Waals surface area contributed by atoms with E-state index in [9.17, 15) is 4.79 Å². The summed E-state index contributed by atoms with van der Waals surface area (Å²) in [7, 11) is 0. The second-order valence-electron chi connectivity index (χ2n) is 9.54. The van der Waals surface area contributed by atoms with Gasteiger partial charge in [-0.25, -0.2) is 0 Å². The van der Waals surface area contributed by atoms with Crippen LogP contribution in [0.25, 0.3) is 0 Å². The predicted octanol–water partition coefficient (Wildman–Crippen LogP) is 7.35. The van der Waals surface area contributed by atoms with E-state index in [4.69, 9.17) is 18.9 Å². The lowest BCUT2D eigenvalue weighted by atomic mass is 10.0.